The third kappa shape index (κ3) is 11.5. The van der Waals surface area contributed by atoms with Gasteiger partial charge in [-0.1, -0.05) is 30.8 Å². The molecule has 8 aromatic rings. The number of carbonyl (C=O) groups is 1. The number of benzene rings is 4. The van der Waals surface area contributed by atoms with Gasteiger partial charge >= 0.3 is 0 Å². The first-order valence-corrected chi connectivity index (χ1v) is 20.9. The Bertz CT molecular complexity index is 2980. The molecule has 1 atom stereocenters. The molecule has 0 aliphatic rings. The maximum absolute atomic E-state index is 11.7. The average molecular weight is 895 g/mol. The van der Waals surface area contributed by atoms with E-state index in [0.717, 1.165) is 11.1 Å². The molecule has 0 bridgehead atoms. The van der Waals surface area contributed by atoms with Crippen molar-refractivity contribution in [1.82, 2.24) is 29.9 Å². The molecule has 0 spiro atoms. The average Bonchev–Trinajstić information content (AvgIpc) is 3.32. The second kappa shape index (κ2) is 21.0. The number of methoxy groups -OCH3 is 4. The van der Waals surface area contributed by atoms with Crippen LogP contribution in [0.15, 0.2) is 127 Å². The largest absolute Gasteiger partial charge is 0.497 e. The lowest BCUT2D eigenvalue weighted by atomic mass is 10.0. The second-order valence-electron chi connectivity index (χ2n) is 13.7. The third-order valence-corrected chi connectivity index (χ3v) is 10.1. The standard InChI is InChI=1S/C24H22N6O3.C16H16N4O3S.C6H8N2/c1-4-21(31)27-19-7-5-6-8-20(19)28-24-26-13-15-11-18(22(25)29-23(15)30-24)14-9-16(32-2)12-17(10-14)33-3;1-22-11-4-9(5-12(7-11)23-2)13-6-10-8-18-16(24(3)21)20-15(10)19-14(13)17;7-5-3-1-2-4-6(5)8/h4-13H,1H2,2-3H3,(H,27,31)(H3,25,26,28,29,30);4-8H,1-3H3,(H2,17,18,19,20);1-4H,7-8H2. The predicted molar refractivity (Wildman–Crippen MR) is 257 cm³/mol. The molecule has 1 unspecified atom stereocenters. The number of nitrogen functional groups attached to an aromatic ring is 4. The summed E-state index contributed by atoms with van der Waals surface area (Å²) >= 11 is 0. The molecule has 332 valence electrons. The first-order chi connectivity index (χ1) is 31.3. The van der Waals surface area contributed by atoms with Gasteiger partial charge < -0.3 is 52.5 Å². The summed E-state index contributed by atoms with van der Waals surface area (Å²) in [5, 5.41) is 7.48. The third-order valence-electron chi connectivity index (χ3n) is 9.37. The normalized spacial score (nSPS) is 10.9. The van der Waals surface area contributed by atoms with Gasteiger partial charge in [0.15, 0.2) is 11.3 Å². The number of anilines is 7. The van der Waals surface area contributed by atoms with Crippen LogP contribution in [0.5, 0.6) is 23.0 Å². The van der Waals surface area contributed by atoms with E-state index in [1.807, 2.05) is 60.7 Å². The Morgan fingerprint density at radius 1 is 0.615 bits per heavy atom. The minimum absolute atomic E-state index is 0.227. The van der Waals surface area contributed by atoms with Crippen LogP contribution in [0.2, 0.25) is 0 Å². The maximum Gasteiger partial charge on any atom is 0.247 e. The van der Waals surface area contributed by atoms with Gasteiger partial charge in [-0.2, -0.15) is 4.98 Å². The van der Waals surface area contributed by atoms with E-state index in [-0.39, 0.29) is 11.1 Å². The van der Waals surface area contributed by atoms with Crippen LogP contribution in [-0.4, -0.2) is 74.7 Å². The van der Waals surface area contributed by atoms with Crippen LogP contribution >= 0.6 is 0 Å². The lowest BCUT2D eigenvalue weighted by Gasteiger charge is -2.13. The van der Waals surface area contributed by atoms with E-state index in [4.69, 9.17) is 41.9 Å². The summed E-state index contributed by atoms with van der Waals surface area (Å²) in [6.45, 7) is 3.47. The quantitative estimate of drug-likeness (QED) is 0.0431. The molecule has 0 aliphatic heterocycles. The van der Waals surface area contributed by atoms with Gasteiger partial charge in [-0.15, -0.1) is 0 Å². The number of pyridine rings is 2. The summed E-state index contributed by atoms with van der Waals surface area (Å²) in [5.74, 6) is 3.19. The van der Waals surface area contributed by atoms with E-state index >= 15 is 0 Å². The molecule has 1 amide bonds. The van der Waals surface area contributed by atoms with Crippen molar-refractivity contribution in [2.75, 3.05) is 68.3 Å². The first-order valence-electron chi connectivity index (χ1n) is 19.4. The van der Waals surface area contributed by atoms with E-state index in [1.54, 1.807) is 77.2 Å². The molecule has 4 heterocycles. The molecule has 0 radical (unpaired) electrons. The Labute approximate surface area is 376 Å². The Hall–Kier alpha value is -8.58. The zero-order valence-corrected chi connectivity index (χ0v) is 36.8. The summed E-state index contributed by atoms with van der Waals surface area (Å²) in [4.78, 5) is 37.6. The van der Waals surface area contributed by atoms with Crippen LogP contribution in [0.3, 0.4) is 0 Å². The zero-order chi connectivity index (χ0) is 46.6. The van der Waals surface area contributed by atoms with Crippen molar-refractivity contribution in [3.8, 4) is 45.3 Å². The topological polar surface area (TPSA) is 277 Å². The highest BCUT2D eigenvalue weighted by Crippen LogP contribution is 2.35. The van der Waals surface area contributed by atoms with Crippen LogP contribution in [0.1, 0.15) is 0 Å². The number of nitrogens with zero attached hydrogens (tertiary/aromatic N) is 6. The highest BCUT2D eigenvalue weighted by molar-refractivity contribution is 7.84. The van der Waals surface area contributed by atoms with Crippen molar-refractivity contribution in [3.63, 3.8) is 0 Å². The van der Waals surface area contributed by atoms with Gasteiger partial charge in [-0.05, 0) is 77.9 Å². The maximum atomic E-state index is 11.7. The second-order valence-corrected chi connectivity index (χ2v) is 14.9. The highest BCUT2D eigenvalue weighted by atomic mass is 32.2. The van der Waals surface area contributed by atoms with Gasteiger partial charge in [0.1, 0.15) is 34.6 Å². The number of nitrogens with one attached hydrogen (secondary N) is 2. The van der Waals surface area contributed by atoms with Gasteiger partial charge in [0.2, 0.25) is 17.0 Å². The lowest BCUT2D eigenvalue weighted by molar-refractivity contribution is -0.111. The minimum Gasteiger partial charge on any atom is -0.497 e. The molecule has 19 heteroatoms. The van der Waals surface area contributed by atoms with Gasteiger partial charge in [0.05, 0.1) is 62.0 Å². The number of amides is 1. The summed E-state index contributed by atoms with van der Waals surface area (Å²) < 4.78 is 32.8. The molecular weight excluding hydrogens is 849 g/mol. The van der Waals surface area contributed by atoms with Crippen LogP contribution in [0, 0.1) is 0 Å². The Balaban J connectivity index is 0.000000190. The van der Waals surface area contributed by atoms with Crippen molar-refractivity contribution >= 4 is 79.1 Å². The van der Waals surface area contributed by atoms with E-state index in [1.165, 1.54) is 12.3 Å². The van der Waals surface area contributed by atoms with Gasteiger partial charge in [-0.25, -0.2) is 24.9 Å². The number of carbonyl (C=O) groups excluding carboxylic acids is 1. The van der Waals surface area contributed by atoms with Crippen LogP contribution in [-0.2, 0) is 15.6 Å². The predicted octanol–water partition coefficient (Wildman–Crippen LogP) is 7.04. The van der Waals surface area contributed by atoms with E-state index in [0.29, 0.717) is 96.5 Å². The molecule has 0 saturated carbocycles. The summed E-state index contributed by atoms with van der Waals surface area (Å²) in [7, 11) is 5.06. The number of hydrogen-bond acceptors (Lipinski definition) is 17. The van der Waals surface area contributed by atoms with Crippen molar-refractivity contribution < 1.29 is 28.0 Å². The molecule has 0 aliphatic carbocycles. The Kier molecular flexibility index (Phi) is 14.8. The summed E-state index contributed by atoms with van der Waals surface area (Å²) in [5.41, 5.74) is 29.5. The van der Waals surface area contributed by atoms with Crippen molar-refractivity contribution in [1.29, 1.82) is 0 Å². The first kappa shape index (κ1) is 45.9. The number of nitrogens with two attached hydrogens (primary N) is 4. The molecule has 4 aromatic heterocycles. The van der Waals surface area contributed by atoms with Gasteiger partial charge in [0, 0.05) is 52.7 Å². The molecule has 4 aromatic carbocycles. The minimum atomic E-state index is -1.28. The summed E-state index contributed by atoms with van der Waals surface area (Å²) in [6.07, 6.45) is 5.96. The monoisotopic (exact) mass is 894 g/mol. The Morgan fingerprint density at radius 3 is 1.51 bits per heavy atom. The molecule has 18 nitrogen and oxygen atoms in total. The molecule has 8 rings (SSSR count). The van der Waals surface area contributed by atoms with Crippen LogP contribution in [0.4, 0.5) is 40.3 Å². The summed E-state index contributed by atoms with van der Waals surface area (Å²) in [6, 6.07) is 29.1. The van der Waals surface area contributed by atoms with Gasteiger partial charge in [-0.3, -0.25) is 9.00 Å². The molecule has 0 fully saturated rings. The fourth-order valence-electron chi connectivity index (χ4n) is 6.04. The smallest absolute Gasteiger partial charge is 0.247 e. The van der Waals surface area contributed by atoms with E-state index in [2.05, 4.69) is 47.1 Å². The van der Waals surface area contributed by atoms with Crippen molar-refractivity contribution in [2.24, 2.45) is 0 Å². The molecule has 0 saturated heterocycles. The van der Waals surface area contributed by atoms with E-state index < -0.39 is 10.8 Å². The fourth-order valence-corrected chi connectivity index (χ4v) is 6.46. The number of fused-ring (bicyclic) bond motifs is 2. The van der Waals surface area contributed by atoms with Crippen molar-refractivity contribution in [2.45, 2.75) is 5.16 Å². The van der Waals surface area contributed by atoms with E-state index in [9.17, 15) is 9.00 Å². The number of hydrogen-bond donors (Lipinski definition) is 6. The molecule has 65 heavy (non-hydrogen) atoms. The molecule has 10 N–H and O–H groups in total. The number of aromatic nitrogens is 6. The highest BCUT2D eigenvalue weighted by Gasteiger charge is 2.15. The Morgan fingerprint density at radius 2 is 1.06 bits per heavy atom. The van der Waals surface area contributed by atoms with Gasteiger partial charge in [0.25, 0.3) is 0 Å². The zero-order valence-electron chi connectivity index (χ0n) is 36.0. The fraction of sp³-hybridized carbons (Fsp3) is 0.109. The number of rotatable bonds is 11. The van der Waals surface area contributed by atoms with Crippen LogP contribution in [0.25, 0.3) is 44.3 Å². The number of ether oxygens (including phenoxy) is 4. The molecular formula is C46H46N12O6S. The van der Waals surface area contributed by atoms with Crippen LogP contribution < -0.4 is 52.5 Å². The number of para-hydroxylation sites is 4. The van der Waals surface area contributed by atoms with Crippen molar-refractivity contribution in [3.05, 3.63) is 122 Å². The SMILES string of the molecule is C=CC(=O)Nc1ccccc1Nc1ncc2cc(-c3cc(OC)cc(OC)c3)c(N)nc2n1.COc1cc(OC)cc(-c2cc3cnc(S(C)=O)nc3nc2N)c1.Nc1ccccc1N. The lowest BCUT2D eigenvalue weighted by Crippen LogP contribution is -2.09.